The summed E-state index contributed by atoms with van der Waals surface area (Å²) in [5, 5.41) is 14.2. The molecule has 4 rings (SSSR count). The van der Waals surface area contributed by atoms with Crippen LogP contribution < -0.4 is 15.5 Å². The third-order valence-electron chi connectivity index (χ3n) is 6.46. The van der Waals surface area contributed by atoms with Crippen LogP contribution in [0.3, 0.4) is 0 Å². The first-order valence-electron chi connectivity index (χ1n) is 10.9. The normalized spacial score (nSPS) is 26.2. The van der Waals surface area contributed by atoms with Gasteiger partial charge in [0, 0.05) is 44.8 Å². The Morgan fingerprint density at radius 3 is 2.45 bits per heavy atom. The molecule has 0 aromatic heterocycles. The number of amides is 3. The van der Waals surface area contributed by atoms with Gasteiger partial charge in [0.1, 0.15) is 11.9 Å². The van der Waals surface area contributed by atoms with Gasteiger partial charge in [0.05, 0.1) is 18.3 Å². The molecular formula is C21H26F3N5O4. The van der Waals surface area contributed by atoms with Gasteiger partial charge in [-0.2, -0.15) is 0 Å². The molecule has 3 N–H and O–H groups in total. The molecule has 2 unspecified atom stereocenters. The number of piperidine rings is 2. The molecule has 3 heterocycles. The van der Waals surface area contributed by atoms with E-state index in [2.05, 4.69) is 10.6 Å². The lowest BCUT2D eigenvalue weighted by Crippen LogP contribution is -2.62. The maximum absolute atomic E-state index is 14.8. The number of anilines is 2. The van der Waals surface area contributed by atoms with Crippen molar-refractivity contribution in [1.29, 1.82) is 0 Å². The fourth-order valence-electron chi connectivity index (χ4n) is 4.70. The number of nitrogens with one attached hydrogen (secondary N) is 2. The molecule has 3 amide bonds. The monoisotopic (exact) mass is 469 g/mol. The van der Waals surface area contributed by atoms with Gasteiger partial charge in [-0.05, 0) is 31.0 Å². The zero-order valence-corrected chi connectivity index (χ0v) is 17.9. The number of hydrogen-bond acceptors (Lipinski definition) is 6. The van der Waals surface area contributed by atoms with Crippen molar-refractivity contribution in [3.63, 3.8) is 0 Å². The molecule has 3 saturated heterocycles. The Kier molecular flexibility index (Phi) is 6.37. The van der Waals surface area contributed by atoms with Crippen molar-refractivity contribution in [2.24, 2.45) is 0 Å². The number of likely N-dealkylation sites (tertiary alicyclic amines) is 1. The van der Waals surface area contributed by atoms with Crippen molar-refractivity contribution >= 4 is 29.3 Å². The molecular weight excluding hydrogens is 443 g/mol. The Morgan fingerprint density at radius 1 is 1.12 bits per heavy atom. The lowest BCUT2D eigenvalue weighted by Gasteiger charge is -2.46. The molecule has 0 radical (unpaired) electrons. The van der Waals surface area contributed by atoms with E-state index in [0.717, 1.165) is 4.90 Å². The van der Waals surface area contributed by atoms with Crippen LogP contribution >= 0.6 is 0 Å². The van der Waals surface area contributed by atoms with Crippen molar-refractivity contribution in [3.05, 3.63) is 24.0 Å². The minimum atomic E-state index is -3.15. The number of carbonyl (C=O) groups is 3. The van der Waals surface area contributed by atoms with Crippen LogP contribution in [0.25, 0.3) is 0 Å². The standard InChI is InChI=1S/C21H26F3N5O4/c22-14-11-13(25-15-2-4-18(30)26-19(15)31)1-3-16(14)27-7-9-28(10-8-27)17-5-6-29(20(32)33)12-21(17,23)24/h1,3,11,15,17,25H,2,4-10,12H2,(H,32,33)(H,26,30,31). The van der Waals surface area contributed by atoms with Crippen molar-refractivity contribution < 1.29 is 32.7 Å². The first-order valence-corrected chi connectivity index (χ1v) is 10.9. The summed E-state index contributed by atoms with van der Waals surface area (Å²) in [6, 6.07) is 2.84. The number of benzene rings is 1. The first kappa shape index (κ1) is 23.1. The predicted octanol–water partition coefficient (Wildman–Crippen LogP) is 1.55. The maximum atomic E-state index is 14.8. The molecule has 9 nitrogen and oxygen atoms in total. The minimum Gasteiger partial charge on any atom is -0.465 e. The third-order valence-corrected chi connectivity index (χ3v) is 6.46. The second kappa shape index (κ2) is 9.08. The molecule has 33 heavy (non-hydrogen) atoms. The number of carboxylic acid groups (broad SMARTS) is 1. The van der Waals surface area contributed by atoms with E-state index in [9.17, 15) is 27.6 Å². The van der Waals surface area contributed by atoms with Crippen LogP contribution in [0.4, 0.5) is 29.3 Å². The van der Waals surface area contributed by atoms with Crippen LogP contribution in [0.1, 0.15) is 19.3 Å². The summed E-state index contributed by atoms with van der Waals surface area (Å²) in [5.41, 5.74) is 0.755. The number of imide groups is 1. The Morgan fingerprint density at radius 2 is 1.85 bits per heavy atom. The van der Waals surface area contributed by atoms with E-state index in [4.69, 9.17) is 5.11 Å². The van der Waals surface area contributed by atoms with Crippen LogP contribution in [-0.4, -0.2) is 90.1 Å². The third kappa shape index (κ3) is 5.00. The molecule has 180 valence electrons. The van der Waals surface area contributed by atoms with Gasteiger partial charge in [-0.15, -0.1) is 0 Å². The summed E-state index contributed by atoms with van der Waals surface area (Å²) < 4.78 is 43.9. The summed E-state index contributed by atoms with van der Waals surface area (Å²) in [4.78, 5) is 38.3. The number of rotatable bonds is 4. The average molecular weight is 469 g/mol. The molecule has 1 aromatic carbocycles. The summed E-state index contributed by atoms with van der Waals surface area (Å²) in [5.74, 6) is -4.42. The van der Waals surface area contributed by atoms with E-state index in [1.807, 2.05) is 0 Å². The average Bonchev–Trinajstić information content (AvgIpc) is 2.75. The lowest BCUT2D eigenvalue weighted by atomic mass is 9.98. The van der Waals surface area contributed by atoms with Crippen molar-refractivity contribution in [1.82, 2.24) is 15.1 Å². The number of hydrogen-bond donors (Lipinski definition) is 3. The van der Waals surface area contributed by atoms with Crippen molar-refractivity contribution in [3.8, 4) is 0 Å². The Hall–Kier alpha value is -3.02. The first-order chi connectivity index (χ1) is 15.6. The minimum absolute atomic E-state index is 0.0500. The van der Waals surface area contributed by atoms with Crippen LogP contribution in [0.5, 0.6) is 0 Å². The molecule has 12 heteroatoms. The van der Waals surface area contributed by atoms with E-state index in [0.29, 0.717) is 44.0 Å². The zero-order chi connectivity index (χ0) is 23.8. The fourth-order valence-corrected chi connectivity index (χ4v) is 4.70. The Labute approximate surface area is 188 Å². The molecule has 0 bridgehead atoms. The van der Waals surface area contributed by atoms with Gasteiger partial charge in [-0.25, -0.2) is 18.0 Å². The summed E-state index contributed by atoms with van der Waals surface area (Å²) in [7, 11) is 0. The van der Waals surface area contributed by atoms with Gasteiger partial charge in [-0.1, -0.05) is 0 Å². The van der Waals surface area contributed by atoms with Crippen LogP contribution in [0.2, 0.25) is 0 Å². The van der Waals surface area contributed by atoms with Gasteiger partial charge in [0.15, 0.2) is 0 Å². The number of piperazine rings is 1. The highest BCUT2D eigenvalue weighted by atomic mass is 19.3. The maximum Gasteiger partial charge on any atom is 0.407 e. The number of halogens is 3. The summed E-state index contributed by atoms with van der Waals surface area (Å²) >= 11 is 0. The van der Waals surface area contributed by atoms with Gasteiger partial charge >= 0.3 is 6.09 Å². The van der Waals surface area contributed by atoms with Gasteiger partial charge in [-0.3, -0.25) is 19.8 Å². The van der Waals surface area contributed by atoms with Crippen molar-refractivity contribution in [2.75, 3.05) is 49.5 Å². The Balaban J connectivity index is 1.35. The quantitative estimate of drug-likeness (QED) is 0.575. The second-order valence-corrected chi connectivity index (χ2v) is 8.61. The Bertz CT molecular complexity index is 938. The van der Waals surface area contributed by atoms with E-state index in [1.54, 1.807) is 21.9 Å². The molecule has 3 aliphatic heterocycles. The number of nitrogens with zero attached hydrogens (tertiary/aromatic N) is 3. The molecule has 0 saturated carbocycles. The van der Waals surface area contributed by atoms with Crippen LogP contribution in [-0.2, 0) is 9.59 Å². The van der Waals surface area contributed by atoms with Gasteiger partial charge < -0.3 is 20.2 Å². The zero-order valence-electron chi connectivity index (χ0n) is 17.9. The van der Waals surface area contributed by atoms with E-state index >= 15 is 0 Å². The molecule has 3 fully saturated rings. The topological polar surface area (TPSA) is 105 Å². The second-order valence-electron chi connectivity index (χ2n) is 8.61. The molecule has 2 atom stereocenters. The highest BCUT2D eigenvalue weighted by Gasteiger charge is 2.49. The highest BCUT2D eigenvalue weighted by molar-refractivity contribution is 6.01. The van der Waals surface area contributed by atoms with E-state index in [-0.39, 0.29) is 25.3 Å². The van der Waals surface area contributed by atoms with E-state index < -0.39 is 42.4 Å². The van der Waals surface area contributed by atoms with E-state index in [1.165, 1.54) is 6.07 Å². The summed E-state index contributed by atoms with van der Waals surface area (Å²) in [6.07, 6.45) is -0.757. The number of carbonyl (C=O) groups excluding carboxylic acids is 2. The smallest absolute Gasteiger partial charge is 0.407 e. The van der Waals surface area contributed by atoms with Gasteiger partial charge in [0.2, 0.25) is 11.8 Å². The molecule has 1 aromatic rings. The lowest BCUT2D eigenvalue weighted by molar-refractivity contribution is -0.133. The fraction of sp³-hybridized carbons (Fsp3) is 0.571. The SMILES string of the molecule is O=C1CCC(Nc2ccc(N3CCN(C4CCN(C(=O)O)CC4(F)F)CC3)c(F)c2)C(=O)N1. The van der Waals surface area contributed by atoms with Crippen molar-refractivity contribution in [2.45, 2.75) is 37.3 Å². The molecule has 0 spiro atoms. The molecule has 3 aliphatic rings. The largest absolute Gasteiger partial charge is 0.465 e. The van der Waals surface area contributed by atoms with Crippen LogP contribution in [0.15, 0.2) is 18.2 Å². The van der Waals surface area contributed by atoms with Gasteiger partial charge in [0.25, 0.3) is 5.92 Å². The summed E-state index contributed by atoms with van der Waals surface area (Å²) in [6.45, 7) is 0.569. The predicted molar refractivity (Wildman–Crippen MR) is 113 cm³/mol. The molecule has 0 aliphatic carbocycles. The number of alkyl halides is 2. The highest BCUT2D eigenvalue weighted by Crippen LogP contribution is 2.33. The van der Waals surface area contributed by atoms with Crippen LogP contribution in [0, 0.1) is 5.82 Å².